The van der Waals surface area contributed by atoms with E-state index >= 15 is 0 Å². The van der Waals surface area contributed by atoms with E-state index in [4.69, 9.17) is 5.41 Å². The van der Waals surface area contributed by atoms with E-state index in [2.05, 4.69) is 0 Å². The molecule has 0 amide bonds. The first-order valence-corrected chi connectivity index (χ1v) is 12.9. The van der Waals surface area contributed by atoms with Crippen LogP contribution in [-0.2, 0) is 13.1 Å². The van der Waals surface area contributed by atoms with Crippen molar-refractivity contribution in [2.45, 2.75) is 13.1 Å². The molecule has 0 spiro atoms. The Morgan fingerprint density at radius 3 is 1.64 bits per heavy atom. The maximum atomic E-state index is 13.9. The highest BCUT2D eigenvalue weighted by Gasteiger charge is 2.19. The fourth-order valence-corrected chi connectivity index (χ4v) is 5.09. The van der Waals surface area contributed by atoms with Crippen LogP contribution in [0, 0.1) is 5.41 Å². The first-order chi connectivity index (χ1) is 19.1. The molecule has 1 heterocycles. The molecule has 5 heteroatoms. The van der Waals surface area contributed by atoms with Crippen LogP contribution in [0.1, 0.15) is 15.9 Å². The van der Waals surface area contributed by atoms with E-state index in [1.807, 2.05) is 120 Å². The molecule has 5 nitrogen and oxygen atoms in total. The van der Waals surface area contributed by atoms with Crippen molar-refractivity contribution >= 4 is 16.8 Å². The van der Waals surface area contributed by atoms with Gasteiger partial charge >= 0.3 is 0 Å². The molecule has 39 heavy (non-hydrogen) atoms. The van der Waals surface area contributed by atoms with Crippen LogP contribution in [0.25, 0.3) is 33.3 Å². The third-order valence-corrected chi connectivity index (χ3v) is 7.06. The number of rotatable bonds is 7. The van der Waals surface area contributed by atoms with Gasteiger partial charge in [-0.05, 0) is 41.0 Å². The van der Waals surface area contributed by atoms with Crippen LogP contribution < -0.4 is 5.62 Å². The predicted molar refractivity (Wildman–Crippen MR) is 155 cm³/mol. The van der Waals surface area contributed by atoms with Crippen molar-refractivity contribution in [3.8, 4) is 28.0 Å². The zero-order chi connectivity index (χ0) is 26.8. The maximum absolute atomic E-state index is 13.9. The summed E-state index contributed by atoms with van der Waals surface area (Å²) in [5, 5.41) is 20.3. The molecule has 6 aromatic rings. The predicted octanol–water partition coefficient (Wildman–Crippen LogP) is 6.89. The van der Waals surface area contributed by atoms with E-state index in [0.717, 1.165) is 27.7 Å². The number of benzene rings is 5. The second kappa shape index (κ2) is 10.3. The molecule has 0 aliphatic heterocycles. The van der Waals surface area contributed by atoms with Gasteiger partial charge < -0.3 is 14.2 Å². The number of carbonyl (C=O) groups excluding carboxylic acids is 1. The van der Waals surface area contributed by atoms with Crippen molar-refractivity contribution < 1.29 is 9.90 Å². The molecule has 0 saturated heterocycles. The lowest BCUT2D eigenvalue weighted by atomic mass is 9.93. The Morgan fingerprint density at radius 2 is 1.10 bits per heavy atom. The Bertz CT molecular complexity index is 1780. The molecule has 1 aromatic heterocycles. The van der Waals surface area contributed by atoms with Crippen molar-refractivity contribution in [3.05, 3.63) is 144 Å². The summed E-state index contributed by atoms with van der Waals surface area (Å²) in [5.74, 6) is 0.00252. The second-order valence-electron chi connectivity index (χ2n) is 9.55. The summed E-state index contributed by atoms with van der Waals surface area (Å²) in [4.78, 5) is 13.9. The standard InChI is InChI=1S/C34H27N3O2/c35-34-36(22-24-12-4-1-5-13-24)30-18-10-11-19-31(30)37(34)23-32(38)27-20-28(25-14-6-2-7-15-25)33(39)29(21-27)26-16-8-3-9-17-26/h1-21,35,39H,22-23H2. The van der Waals surface area contributed by atoms with Gasteiger partial charge in [0.2, 0.25) is 5.62 Å². The van der Waals surface area contributed by atoms with Gasteiger partial charge in [0.05, 0.1) is 24.1 Å². The van der Waals surface area contributed by atoms with E-state index in [0.29, 0.717) is 23.2 Å². The van der Waals surface area contributed by atoms with Crippen LogP contribution in [0.4, 0.5) is 0 Å². The zero-order valence-electron chi connectivity index (χ0n) is 21.3. The third-order valence-electron chi connectivity index (χ3n) is 7.06. The quantitative estimate of drug-likeness (QED) is 0.230. The smallest absolute Gasteiger partial charge is 0.203 e. The van der Waals surface area contributed by atoms with Crippen molar-refractivity contribution in [3.63, 3.8) is 0 Å². The van der Waals surface area contributed by atoms with Crippen LogP contribution >= 0.6 is 0 Å². The second-order valence-corrected chi connectivity index (χ2v) is 9.55. The van der Waals surface area contributed by atoms with Gasteiger partial charge in [0.1, 0.15) is 5.75 Å². The molecule has 2 N–H and O–H groups in total. The van der Waals surface area contributed by atoms with Gasteiger partial charge in [-0.1, -0.05) is 103 Å². The fraction of sp³-hybridized carbons (Fsp3) is 0.0588. The number of carbonyl (C=O) groups is 1. The lowest BCUT2D eigenvalue weighted by Crippen LogP contribution is -2.27. The first kappa shape index (κ1) is 24.2. The van der Waals surface area contributed by atoms with Gasteiger partial charge in [-0.2, -0.15) is 0 Å². The summed E-state index contributed by atoms with van der Waals surface area (Å²) in [5.41, 5.74) is 6.42. The highest BCUT2D eigenvalue weighted by Crippen LogP contribution is 2.39. The highest BCUT2D eigenvalue weighted by molar-refractivity contribution is 6.00. The summed E-state index contributed by atoms with van der Waals surface area (Å²) in [6.45, 7) is 0.547. The van der Waals surface area contributed by atoms with Crippen LogP contribution in [-0.4, -0.2) is 20.0 Å². The summed E-state index contributed by atoms with van der Waals surface area (Å²) in [6, 6.07) is 40.5. The molecule has 0 aliphatic carbocycles. The highest BCUT2D eigenvalue weighted by atomic mass is 16.3. The average molecular weight is 510 g/mol. The number of hydrogen-bond acceptors (Lipinski definition) is 3. The number of aromatic nitrogens is 2. The summed E-state index contributed by atoms with van der Waals surface area (Å²) < 4.78 is 3.69. The van der Waals surface area contributed by atoms with Crippen molar-refractivity contribution in [1.29, 1.82) is 5.41 Å². The van der Waals surface area contributed by atoms with Crippen molar-refractivity contribution in [2.75, 3.05) is 0 Å². The van der Waals surface area contributed by atoms with Crippen LogP contribution in [0.15, 0.2) is 127 Å². The van der Waals surface area contributed by atoms with Crippen molar-refractivity contribution in [1.82, 2.24) is 9.13 Å². The van der Waals surface area contributed by atoms with E-state index in [-0.39, 0.29) is 23.7 Å². The first-order valence-electron chi connectivity index (χ1n) is 12.9. The Kier molecular flexibility index (Phi) is 6.39. The van der Waals surface area contributed by atoms with Gasteiger partial charge in [0.15, 0.2) is 5.78 Å². The molecule has 190 valence electrons. The Morgan fingerprint density at radius 1 is 0.641 bits per heavy atom. The van der Waals surface area contributed by atoms with Gasteiger partial charge in [0, 0.05) is 16.7 Å². The molecule has 0 bridgehead atoms. The molecule has 0 fully saturated rings. The molecular formula is C34H27N3O2. The van der Waals surface area contributed by atoms with Crippen LogP contribution in [0.5, 0.6) is 5.75 Å². The Balaban J connectivity index is 1.44. The van der Waals surface area contributed by atoms with Crippen LogP contribution in [0.3, 0.4) is 0 Å². The minimum Gasteiger partial charge on any atom is -0.507 e. The molecule has 6 rings (SSSR count). The largest absolute Gasteiger partial charge is 0.507 e. The summed E-state index contributed by atoms with van der Waals surface area (Å²) in [6.07, 6.45) is 0. The maximum Gasteiger partial charge on any atom is 0.203 e. The molecule has 0 aliphatic rings. The van der Waals surface area contributed by atoms with Gasteiger partial charge in [-0.25, -0.2) is 0 Å². The minimum atomic E-state index is -0.134. The fourth-order valence-electron chi connectivity index (χ4n) is 5.09. The molecule has 0 unspecified atom stereocenters. The van der Waals surface area contributed by atoms with Gasteiger partial charge in [-0.15, -0.1) is 0 Å². The van der Waals surface area contributed by atoms with Crippen molar-refractivity contribution in [2.24, 2.45) is 0 Å². The van der Waals surface area contributed by atoms with E-state index in [1.165, 1.54) is 0 Å². The van der Waals surface area contributed by atoms with Gasteiger partial charge in [0.25, 0.3) is 0 Å². The summed E-state index contributed by atoms with van der Waals surface area (Å²) in [7, 11) is 0. The number of nitrogens with zero attached hydrogens (tertiary/aromatic N) is 2. The number of nitrogens with one attached hydrogen (secondary N) is 1. The topological polar surface area (TPSA) is 71.0 Å². The lowest BCUT2D eigenvalue weighted by molar-refractivity contribution is 0.0971. The number of ketones is 1. The number of hydrogen-bond donors (Lipinski definition) is 2. The number of fused-ring (bicyclic) bond motifs is 1. The SMILES string of the molecule is N=c1n(CC(=O)c2cc(-c3ccccc3)c(O)c(-c3ccccc3)c2)c2ccccc2n1Cc1ccccc1. The number of imidazole rings is 1. The van der Waals surface area contributed by atoms with Crippen LogP contribution in [0.2, 0.25) is 0 Å². The average Bonchev–Trinajstić information content (AvgIpc) is 3.24. The molecule has 5 aromatic carbocycles. The van der Waals surface area contributed by atoms with E-state index in [9.17, 15) is 9.90 Å². The number of phenolic OH excluding ortho intramolecular Hbond substituents is 1. The normalized spacial score (nSPS) is 11.1. The molecule has 0 radical (unpaired) electrons. The lowest BCUT2D eigenvalue weighted by Gasteiger charge is -2.14. The molecular weight excluding hydrogens is 482 g/mol. The van der Waals surface area contributed by atoms with E-state index < -0.39 is 0 Å². The zero-order valence-corrected chi connectivity index (χ0v) is 21.3. The molecule has 0 atom stereocenters. The van der Waals surface area contributed by atoms with E-state index in [1.54, 1.807) is 16.7 Å². The number of phenols is 1. The van der Waals surface area contributed by atoms with Gasteiger partial charge in [-0.3, -0.25) is 10.2 Å². The summed E-state index contributed by atoms with van der Waals surface area (Å²) >= 11 is 0. The minimum absolute atomic E-state index is 0.00830. The number of para-hydroxylation sites is 2. The number of Topliss-reactive ketones (excluding diaryl/α,β-unsaturated/α-hetero) is 1. The molecule has 0 saturated carbocycles. The Hall–Kier alpha value is -5.16. The Labute approximate surface area is 226 Å². The number of aromatic hydroxyl groups is 1. The third kappa shape index (κ3) is 4.66. The monoisotopic (exact) mass is 509 g/mol.